The van der Waals surface area contributed by atoms with Gasteiger partial charge in [0.1, 0.15) is 0 Å². The van der Waals surface area contributed by atoms with Crippen molar-refractivity contribution in [2.75, 3.05) is 0 Å². The van der Waals surface area contributed by atoms with Gasteiger partial charge >= 0.3 is 0 Å². The number of aromatic nitrogens is 2. The maximum absolute atomic E-state index is 5.32. The van der Waals surface area contributed by atoms with E-state index in [1.807, 2.05) is 6.07 Å². The average molecular weight is 767 g/mol. The summed E-state index contributed by atoms with van der Waals surface area (Å²) in [4.78, 5) is 10.5. The van der Waals surface area contributed by atoms with Gasteiger partial charge in [-0.2, -0.15) is 0 Å². The highest BCUT2D eigenvalue weighted by Crippen LogP contribution is 2.60. The van der Waals surface area contributed by atoms with Crippen LogP contribution in [-0.2, 0) is 5.41 Å². The fraction of sp³-hybridized carbons (Fsp3) is 0.103. The quantitative estimate of drug-likeness (QED) is 0.163. The lowest BCUT2D eigenvalue weighted by Crippen LogP contribution is -2.28. The van der Waals surface area contributed by atoms with Gasteiger partial charge in [-0.1, -0.05) is 195 Å². The molecule has 2 aliphatic carbocycles. The van der Waals surface area contributed by atoms with Gasteiger partial charge in [0.05, 0.1) is 11.4 Å². The van der Waals surface area contributed by atoms with E-state index >= 15 is 0 Å². The van der Waals surface area contributed by atoms with Gasteiger partial charge in [0.2, 0.25) is 0 Å². The van der Waals surface area contributed by atoms with E-state index in [0.717, 1.165) is 33.6 Å². The zero-order valence-electron chi connectivity index (χ0n) is 33.4. The van der Waals surface area contributed by atoms with E-state index in [-0.39, 0.29) is 5.41 Å². The second-order valence-corrected chi connectivity index (χ2v) is 16.7. The molecular formula is C58H42N2. The fourth-order valence-corrected chi connectivity index (χ4v) is 10.8. The Morgan fingerprint density at radius 2 is 0.850 bits per heavy atom. The van der Waals surface area contributed by atoms with Crippen LogP contribution in [0.1, 0.15) is 43.2 Å². The summed E-state index contributed by atoms with van der Waals surface area (Å²) in [6, 6.07) is 71.1. The van der Waals surface area contributed by atoms with E-state index in [1.165, 1.54) is 103 Å². The van der Waals surface area contributed by atoms with Gasteiger partial charge < -0.3 is 0 Å². The highest BCUT2D eigenvalue weighted by atomic mass is 14.9. The lowest BCUT2D eigenvalue weighted by Gasteiger charge is -2.36. The summed E-state index contributed by atoms with van der Waals surface area (Å²) in [6.07, 6.45) is 6.25. The third kappa shape index (κ3) is 5.41. The SMILES string of the molecule is c1ccc(-c2cc(-c3ccccc3-c3c4ccccc4c(-c4cccc5c4-c4cc6ccccc6cc4C54CCCCC4)c4ccccc34)nc(-c3ccccc3)n2)cc1. The molecule has 0 aliphatic heterocycles. The molecule has 284 valence electrons. The topological polar surface area (TPSA) is 25.8 Å². The number of fused-ring (bicyclic) bond motifs is 8. The molecule has 12 rings (SSSR count). The van der Waals surface area contributed by atoms with Crippen LogP contribution in [0.4, 0.5) is 0 Å². The van der Waals surface area contributed by atoms with Crippen LogP contribution in [0.25, 0.3) is 99.6 Å². The van der Waals surface area contributed by atoms with Crippen LogP contribution >= 0.6 is 0 Å². The Labute approximate surface area is 350 Å². The summed E-state index contributed by atoms with van der Waals surface area (Å²) in [5.41, 5.74) is 15.9. The Bertz CT molecular complexity index is 3170. The van der Waals surface area contributed by atoms with E-state index in [1.54, 1.807) is 0 Å². The summed E-state index contributed by atoms with van der Waals surface area (Å²) < 4.78 is 0. The van der Waals surface area contributed by atoms with Gasteiger partial charge in [0.25, 0.3) is 0 Å². The monoisotopic (exact) mass is 766 g/mol. The summed E-state index contributed by atoms with van der Waals surface area (Å²) in [7, 11) is 0. The van der Waals surface area contributed by atoms with Crippen molar-refractivity contribution < 1.29 is 0 Å². The summed E-state index contributed by atoms with van der Waals surface area (Å²) in [6.45, 7) is 0. The summed E-state index contributed by atoms with van der Waals surface area (Å²) in [5, 5.41) is 7.65. The highest BCUT2D eigenvalue weighted by Gasteiger charge is 2.45. The van der Waals surface area contributed by atoms with Crippen LogP contribution in [0, 0.1) is 0 Å². The van der Waals surface area contributed by atoms with Gasteiger partial charge in [0.15, 0.2) is 5.82 Å². The maximum Gasteiger partial charge on any atom is 0.160 e. The molecule has 0 saturated heterocycles. The van der Waals surface area contributed by atoms with Crippen LogP contribution in [0.2, 0.25) is 0 Å². The normalized spacial score (nSPS) is 14.1. The predicted molar refractivity (Wildman–Crippen MR) is 251 cm³/mol. The van der Waals surface area contributed by atoms with Crippen molar-refractivity contribution in [3.8, 4) is 67.3 Å². The molecule has 1 aromatic heterocycles. The van der Waals surface area contributed by atoms with Gasteiger partial charge in [-0.15, -0.1) is 0 Å². The van der Waals surface area contributed by atoms with Crippen molar-refractivity contribution in [3.05, 3.63) is 205 Å². The molecule has 0 bridgehead atoms. The molecule has 0 atom stereocenters. The van der Waals surface area contributed by atoms with Crippen LogP contribution < -0.4 is 0 Å². The Kier molecular flexibility index (Phi) is 8.13. The molecule has 1 fully saturated rings. The third-order valence-corrected chi connectivity index (χ3v) is 13.5. The number of hydrogen-bond donors (Lipinski definition) is 0. The number of nitrogens with zero attached hydrogens (tertiary/aromatic N) is 2. The van der Waals surface area contributed by atoms with Crippen molar-refractivity contribution in [1.29, 1.82) is 0 Å². The molecule has 1 spiro atoms. The highest BCUT2D eigenvalue weighted by molar-refractivity contribution is 6.23. The molecule has 0 radical (unpaired) electrons. The Morgan fingerprint density at radius 1 is 0.333 bits per heavy atom. The smallest absolute Gasteiger partial charge is 0.160 e. The molecule has 1 saturated carbocycles. The van der Waals surface area contributed by atoms with Crippen molar-refractivity contribution in [2.24, 2.45) is 0 Å². The molecule has 9 aromatic carbocycles. The van der Waals surface area contributed by atoms with Crippen molar-refractivity contribution >= 4 is 32.3 Å². The maximum atomic E-state index is 5.32. The zero-order chi connectivity index (χ0) is 39.6. The van der Waals surface area contributed by atoms with E-state index in [9.17, 15) is 0 Å². The molecule has 1 heterocycles. The van der Waals surface area contributed by atoms with Crippen molar-refractivity contribution in [2.45, 2.75) is 37.5 Å². The molecule has 60 heavy (non-hydrogen) atoms. The molecule has 10 aromatic rings. The van der Waals surface area contributed by atoms with Crippen LogP contribution in [-0.4, -0.2) is 9.97 Å². The number of hydrogen-bond acceptors (Lipinski definition) is 2. The predicted octanol–water partition coefficient (Wildman–Crippen LogP) is 15.5. The van der Waals surface area contributed by atoms with Crippen molar-refractivity contribution in [1.82, 2.24) is 9.97 Å². The van der Waals surface area contributed by atoms with Crippen molar-refractivity contribution in [3.63, 3.8) is 0 Å². The summed E-state index contributed by atoms with van der Waals surface area (Å²) in [5.74, 6) is 0.716. The third-order valence-electron chi connectivity index (χ3n) is 13.5. The largest absolute Gasteiger partial charge is 0.228 e. The van der Waals surface area contributed by atoms with Crippen LogP contribution in [0.3, 0.4) is 0 Å². The minimum absolute atomic E-state index is 0.0438. The number of rotatable bonds is 5. The van der Waals surface area contributed by atoms with Gasteiger partial charge in [-0.05, 0) is 108 Å². The molecule has 0 unspecified atom stereocenters. The lowest BCUT2D eigenvalue weighted by atomic mass is 9.67. The van der Waals surface area contributed by atoms with Gasteiger partial charge in [-0.25, -0.2) is 9.97 Å². The number of benzene rings is 9. The fourth-order valence-electron chi connectivity index (χ4n) is 10.8. The van der Waals surface area contributed by atoms with Crippen LogP contribution in [0.15, 0.2) is 194 Å². The standard InChI is InChI=1S/C58H42N2/c1-4-19-38(20-5-1)52-37-53(60-57(59-52)39-21-6-2-7-22-39)42-25-10-11-26-43(42)54-44-27-12-14-29-46(44)55(47-30-15-13-28-45(47)54)48-31-18-32-50-56(48)49-35-40-23-8-9-24-41(40)36-51(49)58(50)33-16-3-17-34-58/h1-2,4-15,18-32,35-37H,3,16-17,33-34H2. The van der Waals surface area contributed by atoms with E-state index in [0.29, 0.717) is 5.82 Å². The average Bonchev–Trinajstić information content (AvgIpc) is 3.58. The second kappa shape index (κ2) is 14.0. The first-order valence-corrected chi connectivity index (χ1v) is 21.5. The molecule has 2 nitrogen and oxygen atoms in total. The minimum Gasteiger partial charge on any atom is -0.228 e. The Hall–Kier alpha value is -7.16. The molecule has 0 amide bonds. The van der Waals surface area contributed by atoms with E-state index in [4.69, 9.17) is 9.97 Å². The van der Waals surface area contributed by atoms with E-state index < -0.39 is 0 Å². The van der Waals surface area contributed by atoms with Crippen LogP contribution in [0.5, 0.6) is 0 Å². The van der Waals surface area contributed by atoms with Gasteiger partial charge in [0, 0.05) is 22.1 Å². The Morgan fingerprint density at radius 3 is 1.52 bits per heavy atom. The second-order valence-electron chi connectivity index (χ2n) is 16.7. The van der Waals surface area contributed by atoms with Gasteiger partial charge in [-0.3, -0.25) is 0 Å². The summed E-state index contributed by atoms with van der Waals surface area (Å²) >= 11 is 0. The zero-order valence-corrected chi connectivity index (χ0v) is 33.4. The first kappa shape index (κ1) is 34.8. The Balaban J connectivity index is 1.13. The lowest BCUT2D eigenvalue weighted by molar-refractivity contribution is 0.353. The molecule has 0 N–H and O–H groups in total. The minimum atomic E-state index is 0.0438. The first-order valence-electron chi connectivity index (χ1n) is 21.5. The molecular weight excluding hydrogens is 725 g/mol. The first-order chi connectivity index (χ1) is 29.7. The molecule has 2 aliphatic rings. The molecule has 2 heteroatoms. The van der Waals surface area contributed by atoms with E-state index in [2.05, 4.69) is 188 Å².